The van der Waals surface area contributed by atoms with Crippen LogP contribution in [0.1, 0.15) is 17.5 Å². The number of carboxylic acid groups (broad SMARTS) is 1. The van der Waals surface area contributed by atoms with Crippen LogP contribution >= 0.6 is 0 Å². The van der Waals surface area contributed by atoms with Gasteiger partial charge in [0.1, 0.15) is 17.9 Å². The van der Waals surface area contributed by atoms with Crippen LogP contribution < -0.4 is 21.0 Å². The Kier molecular flexibility index (Phi) is 6.53. The predicted molar refractivity (Wildman–Crippen MR) is 95.7 cm³/mol. The Hall–Kier alpha value is -3.36. The van der Waals surface area contributed by atoms with Crippen molar-refractivity contribution in [3.8, 4) is 5.75 Å². The van der Waals surface area contributed by atoms with Crippen molar-refractivity contribution in [1.29, 1.82) is 0 Å². The molecule has 0 saturated heterocycles. The molecule has 9 heteroatoms. The van der Waals surface area contributed by atoms with Crippen LogP contribution in [0, 0.1) is 6.92 Å². The quantitative estimate of drug-likeness (QED) is 0.566. The van der Waals surface area contributed by atoms with E-state index in [1.807, 2.05) is 0 Å². The molecule has 0 unspecified atom stereocenters. The summed E-state index contributed by atoms with van der Waals surface area (Å²) in [6.07, 6.45) is 0.137. The summed E-state index contributed by atoms with van der Waals surface area (Å²) < 4.78 is 10.4. The lowest BCUT2D eigenvalue weighted by atomic mass is 10.0. The molecule has 0 aliphatic carbocycles. The molecule has 0 aliphatic heterocycles. The highest BCUT2D eigenvalue weighted by Crippen LogP contribution is 2.24. The van der Waals surface area contributed by atoms with E-state index in [9.17, 15) is 19.2 Å². The average molecular weight is 376 g/mol. The maximum Gasteiger partial charge on any atom is 0.339 e. The van der Waals surface area contributed by atoms with E-state index in [1.165, 1.54) is 7.11 Å². The summed E-state index contributed by atoms with van der Waals surface area (Å²) >= 11 is 0. The third-order valence-corrected chi connectivity index (χ3v) is 3.98. The van der Waals surface area contributed by atoms with Crippen LogP contribution in [0.3, 0.4) is 0 Å². The molecule has 0 bridgehead atoms. The molecule has 0 aliphatic rings. The summed E-state index contributed by atoms with van der Waals surface area (Å²) in [5, 5.41) is 13.7. The topological polar surface area (TPSA) is 135 Å². The number of ether oxygens (including phenoxy) is 1. The molecular weight excluding hydrogens is 356 g/mol. The van der Waals surface area contributed by atoms with Crippen LogP contribution in [0.2, 0.25) is 0 Å². The van der Waals surface area contributed by atoms with Crippen LogP contribution in [0.4, 0.5) is 0 Å². The molecule has 3 N–H and O–H groups in total. The Morgan fingerprint density at radius 3 is 2.52 bits per heavy atom. The van der Waals surface area contributed by atoms with Crippen LogP contribution in [0.15, 0.2) is 27.4 Å². The first kappa shape index (κ1) is 20.0. The van der Waals surface area contributed by atoms with Gasteiger partial charge in [-0.1, -0.05) is 0 Å². The summed E-state index contributed by atoms with van der Waals surface area (Å²) in [4.78, 5) is 45.8. The fourth-order valence-electron chi connectivity index (χ4n) is 2.53. The summed E-state index contributed by atoms with van der Waals surface area (Å²) in [5.41, 5.74) is 0.981. The Morgan fingerprint density at radius 2 is 1.85 bits per heavy atom. The minimum atomic E-state index is -1.18. The lowest BCUT2D eigenvalue weighted by Gasteiger charge is -2.09. The summed E-state index contributed by atoms with van der Waals surface area (Å²) in [6, 6.07) is 5.15. The molecule has 2 rings (SSSR count). The minimum Gasteiger partial charge on any atom is -0.497 e. The predicted octanol–water partition coefficient (Wildman–Crippen LogP) is 0.360. The van der Waals surface area contributed by atoms with Gasteiger partial charge in [-0.25, -0.2) is 4.79 Å². The Bertz CT molecular complexity index is 933. The maximum absolute atomic E-state index is 12.2. The number of hydrogen-bond acceptors (Lipinski definition) is 6. The van der Waals surface area contributed by atoms with Crippen LogP contribution in [0.5, 0.6) is 5.75 Å². The van der Waals surface area contributed by atoms with E-state index in [2.05, 4.69) is 10.6 Å². The molecule has 0 fully saturated rings. The van der Waals surface area contributed by atoms with Gasteiger partial charge >= 0.3 is 11.6 Å². The van der Waals surface area contributed by atoms with E-state index < -0.39 is 30.0 Å². The number of aryl methyl sites for hydroxylation is 1. The lowest BCUT2D eigenvalue weighted by Crippen LogP contribution is -2.39. The highest BCUT2D eigenvalue weighted by molar-refractivity contribution is 5.87. The minimum absolute atomic E-state index is 0.0144. The molecule has 1 aromatic carbocycles. The summed E-state index contributed by atoms with van der Waals surface area (Å²) in [5.74, 6) is -1.65. The Balaban J connectivity index is 2.00. The fraction of sp³-hybridized carbons (Fsp3) is 0.333. The molecule has 0 spiro atoms. The number of benzene rings is 1. The smallest absolute Gasteiger partial charge is 0.339 e. The first-order valence-electron chi connectivity index (χ1n) is 8.17. The number of carbonyl (C=O) groups excluding carboxylic acids is 2. The van der Waals surface area contributed by atoms with Gasteiger partial charge in [-0.05, 0) is 31.0 Å². The van der Waals surface area contributed by atoms with Crippen molar-refractivity contribution in [3.63, 3.8) is 0 Å². The summed E-state index contributed by atoms with van der Waals surface area (Å²) in [6.45, 7) is 0.923. The Morgan fingerprint density at radius 1 is 1.15 bits per heavy atom. The van der Waals surface area contributed by atoms with Gasteiger partial charge in [-0.3, -0.25) is 14.4 Å². The number of aliphatic carboxylic acids is 1. The van der Waals surface area contributed by atoms with Gasteiger partial charge in [-0.15, -0.1) is 0 Å². The third kappa shape index (κ3) is 5.30. The number of rotatable bonds is 8. The van der Waals surface area contributed by atoms with Crippen molar-refractivity contribution < 1.29 is 28.6 Å². The van der Waals surface area contributed by atoms with Crippen LogP contribution in [0.25, 0.3) is 11.0 Å². The van der Waals surface area contributed by atoms with Gasteiger partial charge in [-0.2, -0.15) is 0 Å². The highest BCUT2D eigenvalue weighted by Gasteiger charge is 2.14. The number of hydrogen-bond donors (Lipinski definition) is 3. The molecule has 27 heavy (non-hydrogen) atoms. The Labute approximate surface area is 154 Å². The molecule has 144 valence electrons. The van der Waals surface area contributed by atoms with Crippen molar-refractivity contribution in [2.75, 3.05) is 20.2 Å². The van der Waals surface area contributed by atoms with Crippen molar-refractivity contribution in [1.82, 2.24) is 10.6 Å². The zero-order valence-electron chi connectivity index (χ0n) is 15.0. The first-order chi connectivity index (χ1) is 12.8. The second-order valence-electron chi connectivity index (χ2n) is 5.80. The monoisotopic (exact) mass is 376 g/mol. The standard InChI is InChI=1S/C18H20N2O7/c1-10-12-4-3-11(26-2)7-14(12)27-18(25)13(10)5-6-15(21)19-8-16(22)20-9-17(23)24/h3-4,7H,5-6,8-9H2,1-2H3,(H,19,21)(H,20,22)(H,23,24). The van der Waals surface area contributed by atoms with Gasteiger partial charge < -0.3 is 24.9 Å². The van der Waals surface area contributed by atoms with Gasteiger partial charge in [0.25, 0.3) is 0 Å². The van der Waals surface area contributed by atoms with E-state index in [1.54, 1.807) is 25.1 Å². The SMILES string of the molecule is COc1ccc2c(C)c(CCC(=O)NCC(=O)NCC(=O)O)c(=O)oc2c1. The molecule has 0 radical (unpaired) electrons. The maximum atomic E-state index is 12.2. The van der Waals surface area contributed by atoms with E-state index >= 15 is 0 Å². The molecule has 2 amide bonds. The van der Waals surface area contributed by atoms with Crippen molar-refractivity contribution in [2.24, 2.45) is 0 Å². The number of amides is 2. The van der Waals surface area contributed by atoms with Gasteiger partial charge in [0.2, 0.25) is 11.8 Å². The fourth-order valence-corrected chi connectivity index (χ4v) is 2.53. The number of methoxy groups -OCH3 is 1. The van der Waals surface area contributed by atoms with Crippen molar-refractivity contribution in [2.45, 2.75) is 19.8 Å². The number of fused-ring (bicyclic) bond motifs is 1. The van der Waals surface area contributed by atoms with Gasteiger partial charge in [0.15, 0.2) is 0 Å². The van der Waals surface area contributed by atoms with Crippen LogP contribution in [-0.2, 0) is 20.8 Å². The molecule has 1 aromatic heterocycles. The lowest BCUT2D eigenvalue weighted by molar-refractivity contribution is -0.137. The van der Waals surface area contributed by atoms with E-state index in [-0.39, 0.29) is 19.4 Å². The largest absolute Gasteiger partial charge is 0.497 e. The second kappa shape index (κ2) is 8.84. The molecule has 0 saturated carbocycles. The molecule has 1 heterocycles. The molecule has 9 nitrogen and oxygen atoms in total. The number of carboxylic acids is 1. The van der Waals surface area contributed by atoms with Crippen LogP contribution in [-0.4, -0.2) is 43.1 Å². The van der Waals surface area contributed by atoms with E-state index in [0.29, 0.717) is 16.9 Å². The molecule has 0 atom stereocenters. The van der Waals surface area contributed by atoms with Gasteiger partial charge in [0, 0.05) is 23.4 Å². The molecular formula is C18H20N2O7. The highest BCUT2D eigenvalue weighted by atomic mass is 16.5. The summed E-state index contributed by atoms with van der Waals surface area (Å²) in [7, 11) is 1.51. The van der Waals surface area contributed by atoms with E-state index in [4.69, 9.17) is 14.3 Å². The normalized spacial score (nSPS) is 10.4. The zero-order valence-corrected chi connectivity index (χ0v) is 15.0. The first-order valence-corrected chi connectivity index (χ1v) is 8.17. The zero-order chi connectivity index (χ0) is 20.0. The average Bonchev–Trinajstić information content (AvgIpc) is 2.63. The molecule has 2 aromatic rings. The van der Waals surface area contributed by atoms with Gasteiger partial charge in [0.05, 0.1) is 13.7 Å². The van der Waals surface area contributed by atoms with E-state index in [0.717, 1.165) is 10.9 Å². The number of nitrogens with one attached hydrogen (secondary N) is 2. The van der Waals surface area contributed by atoms with Crippen molar-refractivity contribution in [3.05, 3.63) is 39.7 Å². The third-order valence-electron chi connectivity index (χ3n) is 3.98. The second-order valence-corrected chi connectivity index (χ2v) is 5.80. The number of carbonyl (C=O) groups is 3. The van der Waals surface area contributed by atoms with Crippen molar-refractivity contribution >= 4 is 28.8 Å².